The number of ether oxygens (including phenoxy) is 2. The van der Waals surface area contributed by atoms with Crippen LogP contribution in [0.25, 0.3) is 0 Å². The molecule has 0 bridgehead atoms. The van der Waals surface area contributed by atoms with E-state index in [0.717, 1.165) is 0 Å². The van der Waals surface area contributed by atoms with Gasteiger partial charge in [-0.15, -0.1) is 0 Å². The molecular formula is C18H22N2O5S. The van der Waals surface area contributed by atoms with Gasteiger partial charge < -0.3 is 14.6 Å². The second-order valence-corrected chi connectivity index (χ2v) is 7.97. The number of rotatable bonds is 7. The van der Waals surface area contributed by atoms with Crippen molar-refractivity contribution in [1.82, 2.24) is 9.71 Å². The van der Waals surface area contributed by atoms with Crippen molar-refractivity contribution in [1.29, 1.82) is 0 Å². The largest absolute Gasteiger partial charge is 0.493 e. The maximum Gasteiger partial charge on any atom is 0.241 e. The molecule has 0 saturated heterocycles. The molecule has 1 aliphatic carbocycles. The van der Waals surface area contributed by atoms with Crippen LogP contribution in [0, 0.1) is 5.92 Å². The lowest BCUT2D eigenvalue weighted by Gasteiger charge is -2.37. The molecule has 1 fully saturated rings. The summed E-state index contributed by atoms with van der Waals surface area (Å²) in [6, 6.07) is 9.32. The minimum atomic E-state index is -3.81. The minimum absolute atomic E-state index is 0.00480. The number of hydrogen-bond donors (Lipinski definition) is 2. The van der Waals surface area contributed by atoms with Gasteiger partial charge in [0.15, 0.2) is 11.5 Å². The Morgan fingerprint density at radius 3 is 2.46 bits per heavy atom. The highest BCUT2D eigenvalue weighted by atomic mass is 32.2. The van der Waals surface area contributed by atoms with Gasteiger partial charge in [-0.05, 0) is 43.0 Å². The van der Waals surface area contributed by atoms with Crippen LogP contribution in [0.3, 0.4) is 0 Å². The third kappa shape index (κ3) is 3.82. The van der Waals surface area contributed by atoms with Gasteiger partial charge in [-0.2, -0.15) is 0 Å². The summed E-state index contributed by atoms with van der Waals surface area (Å²) in [5.74, 6) is 0.786. The van der Waals surface area contributed by atoms with E-state index >= 15 is 0 Å². The summed E-state index contributed by atoms with van der Waals surface area (Å²) >= 11 is 0. The van der Waals surface area contributed by atoms with Gasteiger partial charge >= 0.3 is 0 Å². The first-order chi connectivity index (χ1) is 12.4. The molecule has 0 amide bonds. The molecular weight excluding hydrogens is 356 g/mol. The summed E-state index contributed by atoms with van der Waals surface area (Å²) in [4.78, 5) is 4.37. The second kappa shape index (κ2) is 7.61. The van der Waals surface area contributed by atoms with Crippen molar-refractivity contribution in [2.45, 2.75) is 29.9 Å². The van der Waals surface area contributed by atoms with E-state index in [1.807, 2.05) is 6.07 Å². The van der Waals surface area contributed by atoms with E-state index in [-0.39, 0.29) is 10.8 Å². The summed E-state index contributed by atoms with van der Waals surface area (Å²) in [5.41, 5.74) is 0.633. The lowest BCUT2D eigenvalue weighted by atomic mass is 9.76. The van der Waals surface area contributed by atoms with Gasteiger partial charge in [-0.1, -0.05) is 6.07 Å². The number of aliphatic hydroxyl groups excluding tert-OH is 1. The van der Waals surface area contributed by atoms with Gasteiger partial charge in [0.2, 0.25) is 10.0 Å². The molecule has 1 aromatic carbocycles. The highest BCUT2D eigenvalue weighted by Crippen LogP contribution is 2.38. The van der Waals surface area contributed by atoms with E-state index in [0.29, 0.717) is 30.0 Å². The molecule has 140 valence electrons. The second-order valence-electron chi connectivity index (χ2n) is 6.26. The quantitative estimate of drug-likeness (QED) is 0.764. The lowest BCUT2D eigenvalue weighted by Crippen LogP contribution is -2.41. The molecule has 0 unspecified atom stereocenters. The van der Waals surface area contributed by atoms with Crippen LogP contribution in [0.4, 0.5) is 0 Å². The molecule has 3 rings (SSSR count). The zero-order valence-electron chi connectivity index (χ0n) is 14.6. The van der Waals surface area contributed by atoms with Gasteiger partial charge in [0, 0.05) is 12.3 Å². The molecule has 1 heterocycles. The molecule has 1 atom stereocenters. The molecule has 2 N–H and O–H groups in total. The Labute approximate surface area is 153 Å². The van der Waals surface area contributed by atoms with E-state index in [2.05, 4.69) is 9.71 Å². The third-order valence-corrected chi connectivity index (χ3v) is 6.01. The van der Waals surface area contributed by atoms with E-state index in [4.69, 9.17) is 9.47 Å². The molecule has 0 spiro atoms. The molecule has 7 nitrogen and oxygen atoms in total. The van der Waals surface area contributed by atoms with E-state index in [1.165, 1.54) is 26.4 Å². The van der Waals surface area contributed by atoms with Gasteiger partial charge in [0.05, 0.1) is 37.0 Å². The van der Waals surface area contributed by atoms with Crippen LogP contribution in [-0.4, -0.2) is 38.8 Å². The fraction of sp³-hybridized carbons (Fsp3) is 0.389. The monoisotopic (exact) mass is 378 g/mol. The Balaban J connectivity index is 1.90. The van der Waals surface area contributed by atoms with Gasteiger partial charge in [0.25, 0.3) is 0 Å². The van der Waals surface area contributed by atoms with E-state index in [1.54, 1.807) is 24.4 Å². The molecule has 1 aromatic heterocycles. The predicted octanol–water partition coefficient (Wildman–Crippen LogP) is 1.89. The number of aliphatic hydroxyl groups is 1. The van der Waals surface area contributed by atoms with E-state index < -0.39 is 22.2 Å². The zero-order valence-corrected chi connectivity index (χ0v) is 15.4. The first-order valence-corrected chi connectivity index (χ1v) is 9.76. The normalized spacial score (nSPS) is 20.9. The van der Waals surface area contributed by atoms with Crippen LogP contribution in [-0.2, 0) is 10.0 Å². The standard InChI is InChI=1S/C18H22N2O5S/c1-24-16-7-6-14(11-17(16)25-2)26(22,23)20-18(12-9-13(21)10-12)15-5-3-4-8-19-15/h3-8,11-13,18,20-21H,9-10H2,1-2H3/t12?,13?,18-/m0/s1. The van der Waals surface area contributed by atoms with Crippen LogP contribution in [0.5, 0.6) is 11.5 Å². The fourth-order valence-corrected chi connectivity index (χ4v) is 4.37. The summed E-state index contributed by atoms with van der Waals surface area (Å²) in [6.45, 7) is 0. The first-order valence-electron chi connectivity index (χ1n) is 8.28. The Kier molecular flexibility index (Phi) is 5.45. The Hall–Kier alpha value is -2.16. The van der Waals surface area contributed by atoms with Crippen molar-refractivity contribution in [3.63, 3.8) is 0 Å². The van der Waals surface area contributed by atoms with Crippen molar-refractivity contribution in [2.24, 2.45) is 5.92 Å². The maximum absolute atomic E-state index is 12.9. The van der Waals surface area contributed by atoms with Crippen LogP contribution in [0.15, 0.2) is 47.5 Å². The number of nitrogens with zero attached hydrogens (tertiary/aromatic N) is 1. The van der Waals surface area contributed by atoms with Crippen LogP contribution >= 0.6 is 0 Å². The fourth-order valence-electron chi connectivity index (χ4n) is 3.08. The smallest absolute Gasteiger partial charge is 0.241 e. The average Bonchev–Trinajstić information content (AvgIpc) is 2.64. The van der Waals surface area contributed by atoms with Crippen molar-refractivity contribution in [3.05, 3.63) is 48.3 Å². The molecule has 0 radical (unpaired) electrons. The van der Waals surface area contributed by atoms with Gasteiger partial charge in [-0.25, -0.2) is 13.1 Å². The predicted molar refractivity (Wildman–Crippen MR) is 95.6 cm³/mol. The van der Waals surface area contributed by atoms with E-state index in [9.17, 15) is 13.5 Å². The zero-order chi connectivity index (χ0) is 18.7. The number of nitrogens with one attached hydrogen (secondary N) is 1. The van der Waals surface area contributed by atoms with Crippen LogP contribution in [0.1, 0.15) is 24.6 Å². The van der Waals surface area contributed by atoms with Crippen molar-refractivity contribution in [2.75, 3.05) is 14.2 Å². The highest BCUT2D eigenvalue weighted by Gasteiger charge is 2.38. The van der Waals surface area contributed by atoms with Crippen molar-refractivity contribution < 1.29 is 23.0 Å². The average molecular weight is 378 g/mol. The topological polar surface area (TPSA) is 97.8 Å². The lowest BCUT2D eigenvalue weighted by molar-refractivity contribution is 0.0273. The number of hydrogen-bond acceptors (Lipinski definition) is 6. The number of benzene rings is 1. The minimum Gasteiger partial charge on any atom is -0.493 e. The van der Waals surface area contributed by atoms with Gasteiger partial charge in [-0.3, -0.25) is 4.98 Å². The van der Waals surface area contributed by atoms with Crippen LogP contribution in [0.2, 0.25) is 0 Å². The third-order valence-electron chi connectivity index (χ3n) is 4.57. The molecule has 8 heteroatoms. The molecule has 1 aliphatic rings. The number of pyridine rings is 1. The molecule has 2 aromatic rings. The summed E-state index contributed by atoms with van der Waals surface area (Å²) in [6.07, 6.45) is 2.31. The summed E-state index contributed by atoms with van der Waals surface area (Å²) < 4.78 is 38.9. The Morgan fingerprint density at radius 1 is 1.15 bits per heavy atom. The number of aromatic nitrogens is 1. The van der Waals surface area contributed by atoms with Crippen LogP contribution < -0.4 is 14.2 Å². The maximum atomic E-state index is 12.9. The summed E-state index contributed by atoms with van der Waals surface area (Å²) in [7, 11) is -0.869. The molecule has 1 saturated carbocycles. The highest BCUT2D eigenvalue weighted by molar-refractivity contribution is 7.89. The van der Waals surface area contributed by atoms with Crippen molar-refractivity contribution in [3.8, 4) is 11.5 Å². The Morgan fingerprint density at radius 2 is 1.88 bits per heavy atom. The van der Waals surface area contributed by atoms with Gasteiger partial charge in [0.1, 0.15) is 0 Å². The molecule has 26 heavy (non-hydrogen) atoms. The van der Waals surface area contributed by atoms with Crippen molar-refractivity contribution >= 4 is 10.0 Å². The first kappa shape index (κ1) is 18.6. The SMILES string of the molecule is COc1ccc(S(=O)(=O)N[C@H](c2ccccn2)C2CC(O)C2)cc1OC. The number of methoxy groups -OCH3 is 2. The number of sulfonamides is 1. The summed E-state index contributed by atoms with van der Waals surface area (Å²) in [5, 5.41) is 9.63. The molecule has 0 aliphatic heterocycles. The Bertz CT molecular complexity index is 851.